The van der Waals surface area contributed by atoms with Gasteiger partial charge in [0.05, 0.1) is 40.4 Å². The van der Waals surface area contributed by atoms with Crippen molar-refractivity contribution in [2.45, 2.75) is 6.54 Å². The Labute approximate surface area is 148 Å². The maximum Gasteiger partial charge on any atom is 0.254 e. The number of nitrogens with zero attached hydrogens (tertiary/aromatic N) is 1. The SMILES string of the molecule is COc1cc(OC)cc(C(=O)N2CC[NH+](Cc3cc[nH+]cc3)CC2)c1. The first-order valence-corrected chi connectivity index (χ1v) is 8.50. The Morgan fingerprint density at radius 2 is 1.68 bits per heavy atom. The standard InChI is InChI=1S/C19H23N3O3/c1-24-17-11-16(12-18(13-17)25-2)19(23)22-9-7-21(8-10-22)14-15-3-5-20-6-4-15/h3-6,11-13H,7-10,14H2,1-2H3/p+2. The van der Waals surface area contributed by atoms with Gasteiger partial charge in [-0.05, 0) is 12.1 Å². The summed E-state index contributed by atoms with van der Waals surface area (Å²) in [5.41, 5.74) is 1.92. The molecule has 2 aromatic rings. The lowest BCUT2D eigenvalue weighted by Crippen LogP contribution is -3.13. The Bertz CT molecular complexity index is 691. The van der Waals surface area contributed by atoms with Crippen LogP contribution in [0.3, 0.4) is 0 Å². The molecule has 3 rings (SSSR count). The van der Waals surface area contributed by atoms with Gasteiger partial charge in [0.1, 0.15) is 18.0 Å². The van der Waals surface area contributed by atoms with Crippen molar-refractivity contribution in [3.8, 4) is 11.5 Å². The van der Waals surface area contributed by atoms with E-state index in [9.17, 15) is 4.79 Å². The molecule has 0 unspecified atom stereocenters. The molecule has 0 spiro atoms. The molecule has 0 aliphatic carbocycles. The highest BCUT2D eigenvalue weighted by atomic mass is 16.5. The topological polar surface area (TPSA) is 57.4 Å². The third kappa shape index (κ3) is 4.28. The zero-order valence-electron chi connectivity index (χ0n) is 14.7. The minimum atomic E-state index is 0.0329. The second kappa shape index (κ2) is 7.98. The fourth-order valence-corrected chi connectivity index (χ4v) is 3.14. The van der Waals surface area contributed by atoms with Crippen LogP contribution in [0, 0.1) is 0 Å². The van der Waals surface area contributed by atoms with Gasteiger partial charge in [-0.25, -0.2) is 4.98 Å². The fourth-order valence-electron chi connectivity index (χ4n) is 3.14. The quantitative estimate of drug-likeness (QED) is 0.835. The molecule has 1 aliphatic heterocycles. The first-order chi connectivity index (χ1) is 12.2. The van der Waals surface area contributed by atoms with E-state index in [4.69, 9.17) is 9.47 Å². The summed E-state index contributed by atoms with van der Waals surface area (Å²) >= 11 is 0. The van der Waals surface area contributed by atoms with Gasteiger partial charge in [-0.15, -0.1) is 0 Å². The summed E-state index contributed by atoms with van der Waals surface area (Å²) in [4.78, 5) is 19.3. The Kier molecular flexibility index (Phi) is 5.50. The van der Waals surface area contributed by atoms with Crippen LogP contribution in [0.4, 0.5) is 0 Å². The highest BCUT2D eigenvalue weighted by molar-refractivity contribution is 5.95. The number of piperazine rings is 1. The summed E-state index contributed by atoms with van der Waals surface area (Å²) in [5.74, 6) is 1.30. The van der Waals surface area contributed by atoms with Crippen molar-refractivity contribution >= 4 is 5.91 Å². The number of hydrogen-bond donors (Lipinski definition) is 1. The van der Waals surface area contributed by atoms with Gasteiger partial charge in [0.2, 0.25) is 0 Å². The third-order valence-corrected chi connectivity index (χ3v) is 4.60. The van der Waals surface area contributed by atoms with E-state index in [2.05, 4.69) is 17.1 Å². The van der Waals surface area contributed by atoms with Crippen molar-refractivity contribution < 1.29 is 24.2 Å². The number of rotatable bonds is 5. The Hall–Kier alpha value is -2.60. The number of pyridine rings is 1. The molecular formula is C19H25N3O3+2. The van der Waals surface area contributed by atoms with E-state index in [0.29, 0.717) is 17.1 Å². The summed E-state index contributed by atoms with van der Waals surface area (Å²) in [6, 6.07) is 9.52. The van der Waals surface area contributed by atoms with Crippen molar-refractivity contribution in [3.63, 3.8) is 0 Å². The van der Waals surface area contributed by atoms with Crippen LogP contribution >= 0.6 is 0 Å². The lowest BCUT2D eigenvalue weighted by Gasteiger charge is -2.32. The zero-order chi connectivity index (χ0) is 17.6. The monoisotopic (exact) mass is 343 g/mol. The minimum absolute atomic E-state index is 0.0329. The van der Waals surface area contributed by atoms with E-state index >= 15 is 0 Å². The van der Waals surface area contributed by atoms with Crippen LogP contribution < -0.4 is 19.4 Å². The summed E-state index contributed by atoms with van der Waals surface area (Å²) in [6.07, 6.45) is 3.90. The third-order valence-electron chi connectivity index (χ3n) is 4.60. The molecule has 1 saturated heterocycles. The van der Waals surface area contributed by atoms with E-state index in [0.717, 1.165) is 32.7 Å². The van der Waals surface area contributed by atoms with Gasteiger partial charge in [0.15, 0.2) is 12.4 Å². The molecule has 132 valence electrons. The smallest absolute Gasteiger partial charge is 0.254 e. The predicted octanol–water partition coefficient (Wildman–Crippen LogP) is 0.0588. The van der Waals surface area contributed by atoms with Crippen molar-refractivity contribution in [1.82, 2.24) is 4.90 Å². The normalized spacial score (nSPS) is 15.0. The first-order valence-electron chi connectivity index (χ1n) is 8.50. The van der Waals surface area contributed by atoms with Crippen LogP contribution in [0.5, 0.6) is 11.5 Å². The van der Waals surface area contributed by atoms with Crippen LogP contribution in [-0.4, -0.2) is 51.2 Å². The van der Waals surface area contributed by atoms with Gasteiger partial charge < -0.3 is 19.3 Å². The Morgan fingerprint density at radius 1 is 1.08 bits per heavy atom. The number of benzene rings is 1. The average Bonchev–Trinajstić information content (AvgIpc) is 2.68. The highest BCUT2D eigenvalue weighted by Gasteiger charge is 2.25. The number of carbonyl (C=O) groups is 1. The van der Waals surface area contributed by atoms with Gasteiger partial charge in [-0.3, -0.25) is 4.79 Å². The molecule has 0 radical (unpaired) electrons. The number of nitrogens with one attached hydrogen (secondary N) is 2. The molecule has 2 heterocycles. The largest absolute Gasteiger partial charge is 0.497 e. The fraction of sp³-hybridized carbons (Fsp3) is 0.368. The number of carbonyl (C=O) groups excluding carboxylic acids is 1. The van der Waals surface area contributed by atoms with E-state index in [-0.39, 0.29) is 5.91 Å². The molecule has 1 aliphatic rings. The van der Waals surface area contributed by atoms with Crippen molar-refractivity contribution in [1.29, 1.82) is 0 Å². The number of methoxy groups -OCH3 is 2. The van der Waals surface area contributed by atoms with Gasteiger partial charge in [-0.1, -0.05) is 0 Å². The number of aromatic nitrogens is 1. The summed E-state index contributed by atoms with van der Waals surface area (Å²) in [7, 11) is 3.18. The Morgan fingerprint density at radius 3 is 2.24 bits per heavy atom. The van der Waals surface area contributed by atoms with E-state index in [1.807, 2.05) is 17.3 Å². The van der Waals surface area contributed by atoms with E-state index in [1.54, 1.807) is 32.4 Å². The van der Waals surface area contributed by atoms with Crippen LogP contribution in [0.2, 0.25) is 0 Å². The number of aromatic amines is 1. The molecule has 6 nitrogen and oxygen atoms in total. The molecule has 6 heteroatoms. The lowest BCUT2D eigenvalue weighted by atomic mass is 10.1. The van der Waals surface area contributed by atoms with Crippen molar-refractivity contribution in [2.75, 3.05) is 40.4 Å². The van der Waals surface area contributed by atoms with Crippen LogP contribution in [0.25, 0.3) is 0 Å². The van der Waals surface area contributed by atoms with Crippen LogP contribution in [0.1, 0.15) is 15.9 Å². The number of amides is 1. The maximum atomic E-state index is 12.8. The lowest BCUT2D eigenvalue weighted by molar-refractivity contribution is -0.917. The van der Waals surface area contributed by atoms with Crippen LogP contribution in [0.15, 0.2) is 42.7 Å². The van der Waals surface area contributed by atoms with Crippen molar-refractivity contribution in [2.24, 2.45) is 0 Å². The molecule has 0 saturated carbocycles. The summed E-state index contributed by atoms with van der Waals surface area (Å²) < 4.78 is 10.5. The number of H-pyrrole nitrogens is 1. The minimum Gasteiger partial charge on any atom is -0.497 e. The maximum absolute atomic E-state index is 12.8. The van der Waals surface area contributed by atoms with Gasteiger partial charge in [0, 0.05) is 29.3 Å². The summed E-state index contributed by atoms with van der Waals surface area (Å²) in [5, 5.41) is 0. The van der Waals surface area contributed by atoms with E-state index < -0.39 is 0 Å². The Balaban J connectivity index is 1.62. The average molecular weight is 343 g/mol. The van der Waals surface area contributed by atoms with Crippen LogP contribution in [-0.2, 0) is 6.54 Å². The summed E-state index contributed by atoms with van der Waals surface area (Å²) in [6.45, 7) is 4.40. The highest BCUT2D eigenvalue weighted by Crippen LogP contribution is 2.23. The van der Waals surface area contributed by atoms with Gasteiger partial charge in [-0.2, -0.15) is 0 Å². The second-order valence-corrected chi connectivity index (χ2v) is 6.23. The van der Waals surface area contributed by atoms with Gasteiger partial charge in [0.25, 0.3) is 5.91 Å². The van der Waals surface area contributed by atoms with E-state index in [1.165, 1.54) is 10.5 Å². The molecule has 1 fully saturated rings. The molecule has 1 aromatic carbocycles. The molecule has 1 amide bonds. The molecule has 1 aromatic heterocycles. The first kappa shape index (κ1) is 17.2. The number of ether oxygens (including phenoxy) is 2. The molecular weight excluding hydrogens is 318 g/mol. The molecule has 0 bridgehead atoms. The zero-order valence-corrected chi connectivity index (χ0v) is 14.7. The molecule has 0 atom stereocenters. The van der Waals surface area contributed by atoms with Gasteiger partial charge >= 0.3 is 0 Å². The number of hydrogen-bond acceptors (Lipinski definition) is 3. The molecule has 25 heavy (non-hydrogen) atoms. The second-order valence-electron chi connectivity index (χ2n) is 6.23. The number of quaternary nitrogens is 1. The predicted molar refractivity (Wildman–Crippen MR) is 92.8 cm³/mol. The molecule has 2 N–H and O–H groups in total. The van der Waals surface area contributed by atoms with Crippen molar-refractivity contribution in [3.05, 3.63) is 53.9 Å².